The van der Waals surface area contributed by atoms with Gasteiger partial charge in [0.25, 0.3) is 0 Å². The van der Waals surface area contributed by atoms with Crippen LogP contribution in [-0.4, -0.2) is 6.61 Å². The SMILES string of the molecule is CC1CCC2C(C)(C)CCCC2(C)C1COc1cc(OCc2ccccc2)cc(OCc2ccccc2)c1. The number of ether oxygens (including phenoxy) is 3. The first-order chi connectivity index (χ1) is 18.3. The van der Waals surface area contributed by atoms with Crippen LogP contribution in [0.4, 0.5) is 0 Å². The van der Waals surface area contributed by atoms with Gasteiger partial charge >= 0.3 is 0 Å². The summed E-state index contributed by atoms with van der Waals surface area (Å²) in [5.41, 5.74) is 3.02. The zero-order valence-electron chi connectivity index (χ0n) is 23.6. The molecule has 0 saturated heterocycles. The van der Waals surface area contributed by atoms with Crippen LogP contribution in [0.3, 0.4) is 0 Å². The van der Waals surface area contributed by atoms with Crippen molar-refractivity contribution in [3.63, 3.8) is 0 Å². The Kier molecular flexibility index (Phi) is 8.02. The Labute approximate surface area is 229 Å². The fraction of sp³-hybridized carbons (Fsp3) is 0.486. The zero-order chi connectivity index (χ0) is 26.6. The smallest absolute Gasteiger partial charge is 0.127 e. The predicted octanol–water partition coefficient (Wildman–Crippen LogP) is 9.10. The molecule has 0 N–H and O–H groups in total. The minimum Gasteiger partial charge on any atom is -0.493 e. The van der Waals surface area contributed by atoms with Crippen LogP contribution in [0.2, 0.25) is 0 Å². The molecule has 3 heteroatoms. The average molecular weight is 513 g/mol. The Bertz CT molecular complexity index is 1110. The molecule has 2 saturated carbocycles. The van der Waals surface area contributed by atoms with E-state index < -0.39 is 0 Å². The van der Waals surface area contributed by atoms with Crippen molar-refractivity contribution in [2.75, 3.05) is 6.61 Å². The number of hydrogen-bond donors (Lipinski definition) is 0. The molecule has 38 heavy (non-hydrogen) atoms. The van der Waals surface area contributed by atoms with Gasteiger partial charge in [-0.05, 0) is 59.5 Å². The predicted molar refractivity (Wildman–Crippen MR) is 155 cm³/mol. The van der Waals surface area contributed by atoms with Gasteiger partial charge in [0, 0.05) is 24.1 Å². The lowest BCUT2D eigenvalue weighted by Gasteiger charge is -2.59. The molecule has 0 spiro atoms. The second kappa shape index (κ2) is 11.4. The second-order valence-corrected chi connectivity index (χ2v) is 12.6. The summed E-state index contributed by atoms with van der Waals surface area (Å²) < 4.78 is 19.0. The van der Waals surface area contributed by atoms with Gasteiger partial charge in [0.15, 0.2) is 0 Å². The van der Waals surface area contributed by atoms with Crippen molar-refractivity contribution in [3.8, 4) is 17.2 Å². The van der Waals surface area contributed by atoms with E-state index >= 15 is 0 Å². The van der Waals surface area contributed by atoms with Crippen LogP contribution in [0.1, 0.15) is 70.9 Å². The fourth-order valence-corrected chi connectivity index (χ4v) is 7.43. The van der Waals surface area contributed by atoms with E-state index in [1.807, 2.05) is 54.6 Å². The van der Waals surface area contributed by atoms with Crippen LogP contribution < -0.4 is 14.2 Å². The number of hydrogen-bond acceptors (Lipinski definition) is 3. The summed E-state index contributed by atoms with van der Waals surface area (Å²) in [6, 6.07) is 26.6. The van der Waals surface area contributed by atoms with Crippen LogP contribution in [0, 0.1) is 28.6 Å². The third-order valence-electron chi connectivity index (χ3n) is 9.50. The Morgan fingerprint density at radius 1 is 0.684 bits per heavy atom. The monoisotopic (exact) mass is 512 g/mol. The van der Waals surface area contributed by atoms with Gasteiger partial charge in [-0.2, -0.15) is 0 Å². The third-order valence-corrected chi connectivity index (χ3v) is 9.50. The molecule has 0 radical (unpaired) electrons. The van der Waals surface area contributed by atoms with Crippen molar-refractivity contribution >= 4 is 0 Å². The van der Waals surface area contributed by atoms with Gasteiger partial charge < -0.3 is 14.2 Å². The fourth-order valence-electron chi connectivity index (χ4n) is 7.43. The van der Waals surface area contributed by atoms with E-state index in [2.05, 4.69) is 52.0 Å². The Morgan fingerprint density at radius 2 is 1.21 bits per heavy atom. The van der Waals surface area contributed by atoms with Crippen molar-refractivity contribution in [2.24, 2.45) is 28.6 Å². The highest BCUT2D eigenvalue weighted by Crippen LogP contribution is 2.61. The van der Waals surface area contributed by atoms with E-state index in [1.54, 1.807) is 0 Å². The van der Waals surface area contributed by atoms with Gasteiger partial charge in [-0.1, -0.05) is 94.8 Å². The average Bonchev–Trinajstić information content (AvgIpc) is 2.91. The Morgan fingerprint density at radius 3 is 1.76 bits per heavy atom. The van der Waals surface area contributed by atoms with Crippen molar-refractivity contribution < 1.29 is 14.2 Å². The van der Waals surface area contributed by atoms with E-state index in [1.165, 1.54) is 32.1 Å². The van der Waals surface area contributed by atoms with Gasteiger partial charge in [0.1, 0.15) is 30.5 Å². The van der Waals surface area contributed by atoms with Crippen molar-refractivity contribution in [1.29, 1.82) is 0 Å². The van der Waals surface area contributed by atoms with E-state index in [-0.39, 0.29) is 0 Å². The maximum absolute atomic E-state index is 6.62. The standard InChI is InChI=1S/C35H44O3/c1-26-16-17-33-34(2,3)18-11-19-35(33,4)32(26)25-38-31-21-29(36-23-27-12-7-5-8-13-27)20-30(22-31)37-24-28-14-9-6-10-15-28/h5-10,12-15,20-22,26,32-33H,11,16-19,23-25H2,1-4H3. The third kappa shape index (κ3) is 6.03. The minimum absolute atomic E-state index is 0.327. The molecule has 0 heterocycles. The first-order valence-corrected chi connectivity index (χ1v) is 14.4. The molecule has 3 aromatic rings. The molecule has 0 aromatic heterocycles. The van der Waals surface area contributed by atoms with Gasteiger partial charge in [0.2, 0.25) is 0 Å². The summed E-state index contributed by atoms with van der Waals surface area (Å²) >= 11 is 0. The molecule has 2 aliphatic rings. The summed E-state index contributed by atoms with van der Waals surface area (Å²) in [4.78, 5) is 0. The summed E-state index contributed by atoms with van der Waals surface area (Å²) in [5.74, 6) is 4.34. The molecule has 4 atom stereocenters. The molecule has 3 nitrogen and oxygen atoms in total. The van der Waals surface area contributed by atoms with Crippen molar-refractivity contribution in [3.05, 3.63) is 90.0 Å². The normalized spacial score (nSPS) is 26.3. The number of fused-ring (bicyclic) bond motifs is 1. The molecule has 2 fully saturated rings. The maximum atomic E-state index is 6.62. The maximum Gasteiger partial charge on any atom is 0.127 e. The summed E-state index contributed by atoms with van der Waals surface area (Å²) in [6.07, 6.45) is 6.62. The van der Waals surface area contributed by atoms with E-state index in [0.717, 1.165) is 40.9 Å². The molecular weight excluding hydrogens is 468 g/mol. The molecule has 3 aromatic carbocycles. The quantitative estimate of drug-likeness (QED) is 0.286. The molecule has 0 bridgehead atoms. The van der Waals surface area contributed by atoms with E-state index in [4.69, 9.17) is 14.2 Å². The zero-order valence-corrected chi connectivity index (χ0v) is 23.6. The highest BCUT2D eigenvalue weighted by molar-refractivity contribution is 5.42. The van der Waals surface area contributed by atoms with Gasteiger partial charge in [0.05, 0.1) is 6.61 Å². The van der Waals surface area contributed by atoms with Gasteiger partial charge in [-0.3, -0.25) is 0 Å². The minimum atomic E-state index is 0.327. The van der Waals surface area contributed by atoms with Gasteiger partial charge in [-0.15, -0.1) is 0 Å². The summed E-state index contributed by atoms with van der Waals surface area (Å²) in [5, 5.41) is 0. The van der Waals surface area contributed by atoms with E-state index in [9.17, 15) is 0 Å². The second-order valence-electron chi connectivity index (χ2n) is 12.6. The first-order valence-electron chi connectivity index (χ1n) is 14.4. The molecule has 0 amide bonds. The highest BCUT2D eigenvalue weighted by atomic mass is 16.5. The van der Waals surface area contributed by atoms with Crippen LogP contribution in [0.25, 0.3) is 0 Å². The van der Waals surface area contributed by atoms with E-state index in [0.29, 0.717) is 35.9 Å². The molecule has 5 rings (SSSR count). The van der Waals surface area contributed by atoms with Crippen molar-refractivity contribution in [1.82, 2.24) is 0 Å². The lowest BCUT2D eigenvalue weighted by Crippen LogP contribution is -2.52. The molecule has 4 unspecified atom stereocenters. The Hall–Kier alpha value is -2.94. The van der Waals surface area contributed by atoms with Crippen LogP contribution >= 0.6 is 0 Å². The molecular formula is C35H44O3. The summed E-state index contributed by atoms with van der Waals surface area (Å²) in [6.45, 7) is 11.7. The van der Waals surface area contributed by atoms with Crippen LogP contribution in [0.15, 0.2) is 78.9 Å². The topological polar surface area (TPSA) is 27.7 Å². The molecule has 202 valence electrons. The van der Waals surface area contributed by atoms with Crippen LogP contribution in [-0.2, 0) is 13.2 Å². The summed E-state index contributed by atoms with van der Waals surface area (Å²) in [7, 11) is 0. The lowest BCUT2D eigenvalue weighted by molar-refractivity contribution is -0.105. The van der Waals surface area contributed by atoms with Crippen LogP contribution in [0.5, 0.6) is 17.2 Å². The Balaban J connectivity index is 1.34. The number of rotatable bonds is 9. The largest absolute Gasteiger partial charge is 0.493 e. The highest BCUT2D eigenvalue weighted by Gasteiger charge is 2.53. The first kappa shape index (κ1) is 26.7. The lowest BCUT2D eigenvalue weighted by atomic mass is 9.47. The van der Waals surface area contributed by atoms with Gasteiger partial charge in [-0.25, -0.2) is 0 Å². The molecule has 2 aliphatic carbocycles. The van der Waals surface area contributed by atoms with Crippen molar-refractivity contribution in [2.45, 2.75) is 73.0 Å². The number of benzene rings is 3. The molecule has 0 aliphatic heterocycles.